The molecule has 48 valence electrons. The Hall–Kier alpha value is 1.35. The topological polar surface area (TPSA) is 63.6 Å². The van der Waals surface area contributed by atoms with Crippen LogP contribution in [-0.4, -0.2) is 65.1 Å². The normalized spacial score (nSPS) is 10.2. The van der Waals surface area contributed by atoms with Gasteiger partial charge in [-0.25, -0.2) is 4.18 Å². The standard InChI is InChI=1S/C2H6O4S.Sr.2H/c1-2-6-7(3,4)5;;;/h2H2,1H3,(H,3,4,5);;;. The Morgan fingerprint density at radius 1 is 1.62 bits per heavy atom. The molecule has 0 saturated heterocycles. The molecule has 1 N–H and O–H groups in total. The molecule has 0 unspecified atom stereocenters. The molecule has 6 heteroatoms. The second kappa shape index (κ2) is 5.16. The van der Waals surface area contributed by atoms with Crippen LogP contribution in [0, 0.1) is 0 Å². The average molecular weight is 216 g/mol. The second-order valence-electron chi connectivity index (χ2n) is 0.834. The van der Waals surface area contributed by atoms with Gasteiger partial charge in [0.2, 0.25) is 0 Å². The van der Waals surface area contributed by atoms with Gasteiger partial charge in [-0.15, -0.1) is 0 Å². The number of rotatable bonds is 2. The number of hydrogen-bond acceptors (Lipinski definition) is 3. The zero-order valence-corrected chi connectivity index (χ0v) is 4.60. The molecule has 0 spiro atoms. The maximum absolute atomic E-state index is 9.56. The molecule has 0 atom stereocenters. The van der Waals surface area contributed by atoms with Gasteiger partial charge in [0.25, 0.3) is 0 Å². The van der Waals surface area contributed by atoms with Crippen molar-refractivity contribution in [3.63, 3.8) is 0 Å². The Labute approximate surface area is 85.4 Å². The summed E-state index contributed by atoms with van der Waals surface area (Å²) in [5.41, 5.74) is 0. The van der Waals surface area contributed by atoms with Crippen LogP contribution in [0.4, 0.5) is 0 Å². The van der Waals surface area contributed by atoms with Crippen molar-refractivity contribution in [2.24, 2.45) is 0 Å². The fourth-order valence-electron chi connectivity index (χ4n) is 0.149. The predicted molar refractivity (Wildman–Crippen MR) is 31.7 cm³/mol. The quantitative estimate of drug-likeness (QED) is 0.470. The first-order valence-corrected chi connectivity index (χ1v) is 3.04. The first-order chi connectivity index (χ1) is 3.06. The molecule has 0 radical (unpaired) electrons. The van der Waals surface area contributed by atoms with E-state index >= 15 is 0 Å². The summed E-state index contributed by atoms with van der Waals surface area (Å²) in [6, 6.07) is 0. The van der Waals surface area contributed by atoms with E-state index in [2.05, 4.69) is 4.18 Å². The third kappa shape index (κ3) is 10.4. The van der Waals surface area contributed by atoms with E-state index < -0.39 is 10.4 Å². The SMILES string of the molecule is CCOS(=O)(=O)O.[SrH2]. The van der Waals surface area contributed by atoms with Crippen molar-refractivity contribution in [1.82, 2.24) is 0 Å². The Morgan fingerprint density at radius 2 is 2.00 bits per heavy atom. The van der Waals surface area contributed by atoms with E-state index in [0.29, 0.717) is 0 Å². The van der Waals surface area contributed by atoms with Gasteiger partial charge in [0.05, 0.1) is 6.61 Å². The van der Waals surface area contributed by atoms with E-state index in [4.69, 9.17) is 4.55 Å². The van der Waals surface area contributed by atoms with E-state index in [1.165, 1.54) is 6.92 Å². The van der Waals surface area contributed by atoms with Crippen molar-refractivity contribution in [2.45, 2.75) is 6.92 Å². The molecule has 0 aliphatic rings. The van der Waals surface area contributed by atoms with E-state index in [0.717, 1.165) is 0 Å². The van der Waals surface area contributed by atoms with Gasteiger partial charge in [-0.2, -0.15) is 8.42 Å². The van der Waals surface area contributed by atoms with Crippen LogP contribution < -0.4 is 0 Å². The van der Waals surface area contributed by atoms with Crippen LogP contribution in [0.15, 0.2) is 0 Å². The molecule has 0 heterocycles. The van der Waals surface area contributed by atoms with Gasteiger partial charge in [-0.05, 0) is 6.92 Å². The third-order valence-corrected chi connectivity index (χ3v) is 0.800. The Morgan fingerprint density at radius 3 is 2.00 bits per heavy atom. The summed E-state index contributed by atoms with van der Waals surface area (Å²) in [5, 5.41) is 0. The van der Waals surface area contributed by atoms with Crippen LogP contribution in [0.3, 0.4) is 0 Å². The van der Waals surface area contributed by atoms with Crippen molar-refractivity contribution in [1.29, 1.82) is 0 Å². The molecule has 0 aromatic heterocycles. The van der Waals surface area contributed by atoms with Gasteiger partial charge < -0.3 is 0 Å². The van der Waals surface area contributed by atoms with Crippen molar-refractivity contribution >= 4 is 55.9 Å². The first-order valence-electron chi connectivity index (χ1n) is 1.68. The van der Waals surface area contributed by atoms with Gasteiger partial charge in [0.15, 0.2) is 0 Å². The van der Waals surface area contributed by atoms with Crippen LogP contribution in [-0.2, 0) is 14.6 Å². The van der Waals surface area contributed by atoms with Gasteiger partial charge in [0, 0.05) is 0 Å². The molecule has 4 nitrogen and oxygen atoms in total. The minimum absolute atomic E-state index is 0. The fourth-order valence-corrected chi connectivity index (χ4v) is 0.447. The predicted octanol–water partition coefficient (Wildman–Crippen LogP) is -1.09. The zero-order chi connectivity index (χ0) is 5.91. The summed E-state index contributed by atoms with van der Waals surface area (Å²) in [6.07, 6.45) is 0. The van der Waals surface area contributed by atoms with Crippen molar-refractivity contribution in [2.75, 3.05) is 6.61 Å². The molecule has 0 amide bonds. The molecule has 0 bridgehead atoms. The summed E-state index contributed by atoms with van der Waals surface area (Å²) in [7, 11) is -4.17. The van der Waals surface area contributed by atoms with Crippen molar-refractivity contribution < 1.29 is 17.2 Å². The molecule has 0 fully saturated rings. The molecule has 0 aromatic carbocycles. The van der Waals surface area contributed by atoms with Crippen molar-refractivity contribution in [3.05, 3.63) is 0 Å². The van der Waals surface area contributed by atoms with E-state index in [9.17, 15) is 8.42 Å². The maximum atomic E-state index is 9.56. The summed E-state index contributed by atoms with van der Waals surface area (Å²) in [4.78, 5) is 0. The van der Waals surface area contributed by atoms with E-state index in [1.807, 2.05) is 0 Å². The van der Waals surface area contributed by atoms with Gasteiger partial charge in [-0.3, -0.25) is 4.55 Å². The average Bonchev–Trinajstić information content (AvgIpc) is 1.30. The molecular formula is C2H8O4SSr. The number of hydrogen-bond donors (Lipinski definition) is 1. The molecule has 0 aliphatic heterocycles. The van der Waals surface area contributed by atoms with Crippen LogP contribution in [0.25, 0.3) is 0 Å². The van der Waals surface area contributed by atoms with Gasteiger partial charge in [0.1, 0.15) is 0 Å². The van der Waals surface area contributed by atoms with Crippen LogP contribution >= 0.6 is 0 Å². The molecule has 0 rings (SSSR count). The summed E-state index contributed by atoms with van der Waals surface area (Å²) < 4.78 is 30.7. The van der Waals surface area contributed by atoms with E-state index in [-0.39, 0.29) is 52.1 Å². The Bertz CT molecular complexity index is 127. The minimum atomic E-state index is -4.17. The summed E-state index contributed by atoms with van der Waals surface area (Å²) >= 11 is 0. The van der Waals surface area contributed by atoms with Crippen LogP contribution in [0.2, 0.25) is 0 Å². The van der Waals surface area contributed by atoms with Gasteiger partial charge in [-0.1, -0.05) is 0 Å². The van der Waals surface area contributed by atoms with Crippen LogP contribution in [0.1, 0.15) is 6.92 Å². The Balaban J connectivity index is 0. The zero-order valence-electron chi connectivity index (χ0n) is 3.79. The summed E-state index contributed by atoms with van der Waals surface area (Å²) in [6.45, 7) is 1.44. The molecule has 0 saturated carbocycles. The van der Waals surface area contributed by atoms with Crippen molar-refractivity contribution in [3.8, 4) is 0 Å². The molecule has 0 aromatic rings. The van der Waals surface area contributed by atoms with Crippen LogP contribution in [0.5, 0.6) is 0 Å². The first kappa shape index (κ1) is 12.1. The molecule has 8 heavy (non-hydrogen) atoms. The second-order valence-corrected chi connectivity index (χ2v) is 1.93. The van der Waals surface area contributed by atoms with Gasteiger partial charge >= 0.3 is 55.9 Å². The Kier molecular flexibility index (Phi) is 7.78. The fraction of sp³-hybridized carbons (Fsp3) is 1.00. The third-order valence-electron chi connectivity index (χ3n) is 0.267. The monoisotopic (exact) mass is 216 g/mol. The molecule has 0 aliphatic carbocycles. The summed E-state index contributed by atoms with van der Waals surface area (Å²) in [5.74, 6) is 0. The van der Waals surface area contributed by atoms with E-state index in [1.54, 1.807) is 0 Å². The molecular weight excluding hydrogens is 208 g/mol.